The summed E-state index contributed by atoms with van der Waals surface area (Å²) < 4.78 is 11.2. The first-order chi connectivity index (χ1) is 17.9. The molecule has 0 bridgehead atoms. The van der Waals surface area contributed by atoms with Crippen molar-refractivity contribution in [2.45, 2.75) is 38.4 Å². The predicted molar refractivity (Wildman–Crippen MR) is 137 cm³/mol. The molecule has 1 unspecified atom stereocenters. The van der Waals surface area contributed by atoms with E-state index in [1.165, 1.54) is 6.92 Å². The van der Waals surface area contributed by atoms with Crippen LogP contribution in [-0.4, -0.2) is 53.4 Å². The van der Waals surface area contributed by atoms with Crippen molar-refractivity contribution in [2.75, 3.05) is 25.5 Å². The smallest absolute Gasteiger partial charge is 0.250 e. The average molecular weight is 504 g/mol. The lowest BCUT2D eigenvalue weighted by atomic mass is 10.0. The van der Waals surface area contributed by atoms with Crippen molar-refractivity contribution in [3.8, 4) is 11.5 Å². The first kappa shape index (κ1) is 24.4. The molecule has 1 saturated heterocycles. The van der Waals surface area contributed by atoms with Crippen LogP contribution in [0.1, 0.15) is 36.9 Å². The number of carbonyl (C=O) groups excluding carboxylic acids is 3. The number of nitrogens with one attached hydrogen (secondary N) is 2. The van der Waals surface area contributed by atoms with Crippen molar-refractivity contribution in [3.05, 3.63) is 59.8 Å². The molecular formula is C27H29N5O5. The maximum Gasteiger partial charge on any atom is 0.250 e. The van der Waals surface area contributed by atoms with Crippen LogP contribution in [0.2, 0.25) is 0 Å². The Bertz CT molecular complexity index is 1360. The normalized spacial score (nSPS) is 17.3. The lowest BCUT2D eigenvalue weighted by Crippen LogP contribution is -2.49. The third kappa shape index (κ3) is 5.13. The van der Waals surface area contributed by atoms with Gasteiger partial charge in [0.15, 0.2) is 11.5 Å². The molecule has 37 heavy (non-hydrogen) atoms. The molecule has 0 saturated carbocycles. The highest BCUT2D eigenvalue weighted by atomic mass is 16.6. The van der Waals surface area contributed by atoms with E-state index in [1.807, 2.05) is 24.3 Å². The fraction of sp³-hybridized carbons (Fsp3) is 0.333. The summed E-state index contributed by atoms with van der Waals surface area (Å²) in [7, 11) is 0. The number of amides is 3. The number of nitrogens with zero attached hydrogens (tertiary/aromatic N) is 2. The van der Waals surface area contributed by atoms with Crippen molar-refractivity contribution in [2.24, 2.45) is 0 Å². The van der Waals surface area contributed by atoms with Gasteiger partial charge >= 0.3 is 0 Å². The van der Waals surface area contributed by atoms with Crippen LogP contribution in [0.25, 0.3) is 10.8 Å². The largest absolute Gasteiger partial charge is 0.486 e. The highest BCUT2D eigenvalue weighted by molar-refractivity contribution is 5.93. The zero-order valence-electron chi connectivity index (χ0n) is 20.5. The number of hydrogen-bond donors (Lipinski definition) is 3. The van der Waals surface area contributed by atoms with Crippen LogP contribution >= 0.6 is 0 Å². The van der Waals surface area contributed by atoms with E-state index in [9.17, 15) is 14.4 Å². The molecule has 2 atom stereocenters. The molecule has 1 fully saturated rings. The van der Waals surface area contributed by atoms with E-state index < -0.39 is 12.1 Å². The van der Waals surface area contributed by atoms with Gasteiger partial charge in [0.2, 0.25) is 17.7 Å². The minimum atomic E-state index is -0.943. The van der Waals surface area contributed by atoms with Crippen LogP contribution in [-0.2, 0) is 20.9 Å². The zero-order valence-corrected chi connectivity index (χ0v) is 20.5. The summed E-state index contributed by atoms with van der Waals surface area (Å²) in [6.07, 6.45) is 2.89. The van der Waals surface area contributed by atoms with Crippen molar-refractivity contribution in [1.29, 1.82) is 0 Å². The molecule has 3 amide bonds. The van der Waals surface area contributed by atoms with Gasteiger partial charge in [-0.2, -0.15) is 0 Å². The van der Waals surface area contributed by atoms with E-state index >= 15 is 0 Å². The summed E-state index contributed by atoms with van der Waals surface area (Å²) >= 11 is 0. The second kappa shape index (κ2) is 10.3. The van der Waals surface area contributed by atoms with Gasteiger partial charge in [-0.1, -0.05) is 18.2 Å². The Balaban J connectivity index is 1.30. The molecule has 2 aliphatic rings. The summed E-state index contributed by atoms with van der Waals surface area (Å²) in [5, 5.41) is 7.50. The lowest BCUT2D eigenvalue weighted by molar-refractivity contribution is -0.141. The van der Waals surface area contributed by atoms with Crippen molar-refractivity contribution >= 4 is 34.3 Å². The molecular weight excluding hydrogens is 474 g/mol. The van der Waals surface area contributed by atoms with E-state index in [0.717, 1.165) is 16.3 Å². The Kier molecular flexibility index (Phi) is 6.80. The lowest BCUT2D eigenvalue weighted by Gasteiger charge is -2.29. The predicted octanol–water partition coefficient (Wildman–Crippen LogP) is 2.07. The Morgan fingerprint density at radius 1 is 1.11 bits per heavy atom. The van der Waals surface area contributed by atoms with E-state index in [0.29, 0.717) is 62.0 Å². The van der Waals surface area contributed by atoms with Gasteiger partial charge in [-0.15, -0.1) is 0 Å². The molecule has 0 aliphatic carbocycles. The second-order valence-electron chi connectivity index (χ2n) is 9.20. The highest BCUT2D eigenvalue weighted by Crippen LogP contribution is 2.34. The van der Waals surface area contributed by atoms with Crippen LogP contribution in [0.15, 0.2) is 48.7 Å². The summed E-state index contributed by atoms with van der Waals surface area (Å²) in [4.78, 5) is 44.5. The van der Waals surface area contributed by atoms with Gasteiger partial charge in [0, 0.05) is 31.6 Å². The van der Waals surface area contributed by atoms with Crippen molar-refractivity contribution < 1.29 is 23.9 Å². The van der Waals surface area contributed by atoms with Crippen LogP contribution in [0.3, 0.4) is 0 Å². The molecule has 0 spiro atoms. The molecule has 3 aromatic rings. The number of anilines is 1. The molecule has 2 aliphatic heterocycles. The van der Waals surface area contributed by atoms with E-state index in [4.69, 9.17) is 15.2 Å². The summed E-state index contributed by atoms with van der Waals surface area (Å²) in [6, 6.07) is 11.2. The molecule has 2 aromatic carbocycles. The van der Waals surface area contributed by atoms with Gasteiger partial charge in [0.1, 0.15) is 31.1 Å². The minimum Gasteiger partial charge on any atom is -0.486 e. The van der Waals surface area contributed by atoms with Crippen molar-refractivity contribution in [1.82, 2.24) is 20.5 Å². The fourth-order valence-corrected chi connectivity index (χ4v) is 4.87. The van der Waals surface area contributed by atoms with E-state index in [-0.39, 0.29) is 17.7 Å². The minimum absolute atomic E-state index is 0.232. The van der Waals surface area contributed by atoms with E-state index in [1.54, 1.807) is 29.3 Å². The zero-order chi connectivity index (χ0) is 25.9. The first-order valence-corrected chi connectivity index (χ1v) is 12.3. The number of carbonyl (C=O) groups is 3. The van der Waals surface area contributed by atoms with Gasteiger partial charge in [0.05, 0.1) is 0 Å². The number of benzene rings is 2. The van der Waals surface area contributed by atoms with Crippen LogP contribution in [0.4, 0.5) is 5.82 Å². The molecule has 1 aromatic heterocycles. The molecule has 3 heterocycles. The SMILES string of the molecule is CC(=O)NC(C(=O)N1CCC[C@H]1C(=O)NCc1ccc2c(N)nccc2c1)c1ccc2c(c1)OCCO2. The Morgan fingerprint density at radius 2 is 1.92 bits per heavy atom. The van der Waals surface area contributed by atoms with Gasteiger partial charge < -0.3 is 30.7 Å². The number of likely N-dealkylation sites (tertiary alicyclic amines) is 1. The molecule has 0 radical (unpaired) electrons. The van der Waals surface area contributed by atoms with Crippen LogP contribution in [0, 0.1) is 0 Å². The van der Waals surface area contributed by atoms with Gasteiger partial charge in [-0.3, -0.25) is 14.4 Å². The Labute approximate surface area is 214 Å². The molecule has 10 heteroatoms. The number of fused-ring (bicyclic) bond motifs is 2. The van der Waals surface area contributed by atoms with Gasteiger partial charge in [-0.05, 0) is 53.6 Å². The maximum absolute atomic E-state index is 13.7. The number of rotatable bonds is 6. The molecule has 192 valence electrons. The fourth-order valence-electron chi connectivity index (χ4n) is 4.87. The molecule has 4 N–H and O–H groups in total. The first-order valence-electron chi connectivity index (χ1n) is 12.3. The number of hydrogen-bond acceptors (Lipinski definition) is 7. The van der Waals surface area contributed by atoms with Crippen LogP contribution < -0.4 is 25.8 Å². The highest BCUT2D eigenvalue weighted by Gasteiger charge is 2.38. The quantitative estimate of drug-likeness (QED) is 0.469. The number of nitrogens with two attached hydrogens (primary N) is 1. The molecule has 5 rings (SSSR count). The number of aromatic nitrogens is 1. The van der Waals surface area contributed by atoms with E-state index in [2.05, 4.69) is 15.6 Å². The van der Waals surface area contributed by atoms with Crippen molar-refractivity contribution in [3.63, 3.8) is 0 Å². The van der Waals surface area contributed by atoms with Gasteiger partial charge in [-0.25, -0.2) is 4.98 Å². The summed E-state index contributed by atoms with van der Waals surface area (Å²) in [5.74, 6) is 0.660. The standard InChI is InChI=1S/C27H29N5O5/c1-16(33)31-24(19-5-7-22-23(14-19)37-12-11-36-22)27(35)32-10-2-3-21(32)26(34)30-15-17-4-6-20-18(13-17)8-9-29-25(20)28/h4-9,13-14,21,24H,2-3,10-12,15H2,1H3,(H2,28,29)(H,30,34)(H,31,33)/t21-,24?/m0/s1. The third-order valence-electron chi connectivity index (χ3n) is 6.66. The molecule has 10 nitrogen and oxygen atoms in total. The number of nitrogen functional groups attached to an aromatic ring is 1. The average Bonchev–Trinajstić information content (AvgIpc) is 3.40. The third-order valence-corrected chi connectivity index (χ3v) is 6.66. The number of ether oxygens (including phenoxy) is 2. The summed E-state index contributed by atoms with van der Waals surface area (Å²) in [5.41, 5.74) is 7.41. The van der Waals surface area contributed by atoms with Crippen LogP contribution in [0.5, 0.6) is 11.5 Å². The second-order valence-corrected chi connectivity index (χ2v) is 9.20. The van der Waals surface area contributed by atoms with Gasteiger partial charge in [0.25, 0.3) is 0 Å². The monoisotopic (exact) mass is 503 g/mol. The maximum atomic E-state index is 13.7. The Hall–Kier alpha value is -4.34. The number of pyridine rings is 1. The summed E-state index contributed by atoms with van der Waals surface area (Å²) in [6.45, 7) is 2.97. The topological polar surface area (TPSA) is 136 Å². The Morgan fingerprint density at radius 3 is 2.73 bits per heavy atom.